The zero-order valence-corrected chi connectivity index (χ0v) is 19.7. The third-order valence-electron chi connectivity index (χ3n) is 4.61. The van der Waals surface area contributed by atoms with E-state index in [-0.39, 0.29) is 5.97 Å². The number of carbonyl (C=O) groups excluding carboxylic acids is 1. The molecule has 0 aliphatic heterocycles. The highest BCUT2D eigenvalue weighted by Gasteiger charge is 2.14. The minimum absolute atomic E-state index is 0.337. The first kappa shape index (κ1) is 23.1. The molecule has 2 aromatic carbocycles. The lowest BCUT2D eigenvalue weighted by Gasteiger charge is -2.12. The second-order valence-corrected chi connectivity index (χ2v) is 8.07. The van der Waals surface area contributed by atoms with Crippen LogP contribution in [0.1, 0.15) is 34.2 Å². The molecule has 0 amide bonds. The van der Waals surface area contributed by atoms with E-state index >= 15 is 0 Å². The van der Waals surface area contributed by atoms with Gasteiger partial charge in [0.15, 0.2) is 5.11 Å². The number of thiocarbonyl (C=S) groups is 1. The molecule has 6 nitrogen and oxygen atoms in total. The van der Waals surface area contributed by atoms with Crippen molar-refractivity contribution in [1.29, 1.82) is 0 Å². The minimum Gasteiger partial charge on any atom is -0.462 e. The molecule has 31 heavy (non-hydrogen) atoms. The number of aryl methyl sites for hydroxylation is 1. The van der Waals surface area contributed by atoms with Gasteiger partial charge in [0.2, 0.25) is 0 Å². The van der Waals surface area contributed by atoms with E-state index in [1.807, 2.05) is 24.6 Å². The van der Waals surface area contributed by atoms with Gasteiger partial charge in [-0.3, -0.25) is 4.68 Å². The molecule has 0 aliphatic rings. The summed E-state index contributed by atoms with van der Waals surface area (Å²) >= 11 is 17.7. The Morgan fingerprint density at radius 2 is 1.84 bits per heavy atom. The summed E-state index contributed by atoms with van der Waals surface area (Å²) in [6.45, 7) is 6.49. The zero-order chi connectivity index (χ0) is 22.5. The van der Waals surface area contributed by atoms with Gasteiger partial charge in [-0.25, -0.2) is 4.79 Å². The quantitative estimate of drug-likeness (QED) is 0.344. The number of nitrogens with zero attached hydrogens (tertiary/aromatic N) is 2. The molecular weight excluding hydrogens is 455 g/mol. The van der Waals surface area contributed by atoms with Crippen molar-refractivity contribution in [3.8, 4) is 0 Å². The van der Waals surface area contributed by atoms with Crippen molar-refractivity contribution in [1.82, 2.24) is 9.78 Å². The van der Waals surface area contributed by atoms with Gasteiger partial charge in [-0.2, -0.15) is 5.10 Å². The van der Waals surface area contributed by atoms with Gasteiger partial charge in [-0.15, -0.1) is 0 Å². The van der Waals surface area contributed by atoms with Crippen LogP contribution >= 0.6 is 35.4 Å². The number of carbonyl (C=O) groups is 1. The Hall–Kier alpha value is -2.61. The maximum absolute atomic E-state index is 11.8. The summed E-state index contributed by atoms with van der Waals surface area (Å²) in [4.78, 5) is 11.8. The monoisotopic (exact) mass is 476 g/mol. The van der Waals surface area contributed by atoms with Crippen molar-refractivity contribution in [3.63, 3.8) is 0 Å². The maximum atomic E-state index is 11.8. The number of hydrogen-bond donors (Lipinski definition) is 2. The Morgan fingerprint density at radius 3 is 2.48 bits per heavy atom. The van der Waals surface area contributed by atoms with Crippen LogP contribution in [0.25, 0.3) is 0 Å². The van der Waals surface area contributed by atoms with Crippen LogP contribution in [0.15, 0.2) is 42.5 Å². The summed E-state index contributed by atoms with van der Waals surface area (Å²) in [7, 11) is 0. The van der Waals surface area contributed by atoms with Crippen molar-refractivity contribution in [3.05, 3.63) is 75.0 Å². The number of hydrogen-bond acceptors (Lipinski definition) is 4. The standard InChI is InChI=1S/C22H22Cl2N4O2S/c1-4-30-21(29)15-6-9-18(10-7-15)25-22(31)26-20-13(2)27-28(14(20)3)12-16-5-8-17(23)11-19(16)24/h5-11H,4,12H2,1-3H3,(H2,25,26,31). The Labute approximate surface area is 196 Å². The van der Waals surface area contributed by atoms with Crippen LogP contribution in [-0.4, -0.2) is 27.5 Å². The van der Waals surface area contributed by atoms with Gasteiger partial charge in [-0.05, 0) is 75.0 Å². The zero-order valence-electron chi connectivity index (χ0n) is 17.3. The van der Waals surface area contributed by atoms with Gasteiger partial charge in [0.25, 0.3) is 0 Å². The molecule has 0 spiro atoms. The topological polar surface area (TPSA) is 68.2 Å². The third-order valence-corrected chi connectivity index (χ3v) is 5.40. The number of aromatic nitrogens is 2. The molecule has 162 valence electrons. The number of benzene rings is 2. The number of rotatable bonds is 6. The Kier molecular flexibility index (Phi) is 7.54. The fraction of sp³-hybridized carbons (Fsp3) is 0.227. The summed E-state index contributed by atoms with van der Waals surface area (Å²) in [5.41, 5.74) is 4.72. The predicted octanol–water partition coefficient (Wildman–Crippen LogP) is 5.84. The molecule has 9 heteroatoms. The van der Waals surface area contributed by atoms with Crippen molar-refractivity contribution < 1.29 is 9.53 Å². The second kappa shape index (κ2) is 10.1. The van der Waals surface area contributed by atoms with Gasteiger partial charge in [0.05, 0.1) is 35.8 Å². The molecule has 1 heterocycles. The lowest BCUT2D eigenvalue weighted by molar-refractivity contribution is 0.0526. The van der Waals surface area contributed by atoms with Crippen LogP contribution in [-0.2, 0) is 11.3 Å². The lowest BCUT2D eigenvalue weighted by Crippen LogP contribution is -2.20. The first-order valence-corrected chi connectivity index (χ1v) is 10.8. The van der Waals surface area contributed by atoms with E-state index in [4.69, 9.17) is 40.2 Å². The van der Waals surface area contributed by atoms with Crippen LogP contribution in [0.4, 0.5) is 11.4 Å². The summed E-state index contributed by atoms with van der Waals surface area (Å²) in [6, 6.07) is 12.3. The number of anilines is 2. The molecule has 0 bridgehead atoms. The average Bonchev–Trinajstić information content (AvgIpc) is 2.98. The van der Waals surface area contributed by atoms with Crippen molar-refractivity contribution >= 4 is 57.9 Å². The van der Waals surface area contributed by atoms with E-state index < -0.39 is 0 Å². The van der Waals surface area contributed by atoms with Gasteiger partial charge in [-0.1, -0.05) is 29.3 Å². The second-order valence-electron chi connectivity index (χ2n) is 6.82. The van der Waals surface area contributed by atoms with Crippen LogP contribution in [0.2, 0.25) is 10.0 Å². The SMILES string of the molecule is CCOC(=O)c1ccc(NC(=S)Nc2c(C)nn(Cc3ccc(Cl)cc3Cl)c2C)cc1. The van der Waals surface area contributed by atoms with Crippen molar-refractivity contribution in [2.24, 2.45) is 0 Å². The first-order chi connectivity index (χ1) is 14.8. The van der Waals surface area contributed by atoms with E-state index in [1.54, 1.807) is 43.3 Å². The number of halogens is 2. The van der Waals surface area contributed by atoms with Crippen LogP contribution in [0.3, 0.4) is 0 Å². The molecule has 3 aromatic rings. The lowest BCUT2D eigenvalue weighted by atomic mass is 10.2. The van der Waals surface area contributed by atoms with E-state index in [1.165, 1.54) is 0 Å². The van der Waals surface area contributed by atoms with Gasteiger partial charge < -0.3 is 15.4 Å². The normalized spacial score (nSPS) is 10.6. The summed E-state index contributed by atoms with van der Waals surface area (Å²) in [5.74, 6) is -0.353. The molecule has 0 fully saturated rings. The highest BCUT2D eigenvalue weighted by atomic mass is 35.5. The molecule has 2 N–H and O–H groups in total. The van der Waals surface area contributed by atoms with Gasteiger partial charge in [0, 0.05) is 15.7 Å². The van der Waals surface area contributed by atoms with E-state index in [0.29, 0.717) is 33.9 Å². The molecule has 0 aliphatic carbocycles. The Bertz CT molecular complexity index is 1110. The van der Waals surface area contributed by atoms with Gasteiger partial charge >= 0.3 is 5.97 Å². The van der Waals surface area contributed by atoms with Crippen LogP contribution in [0.5, 0.6) is 0 Å². The highest BCUT2D eigenvalue weighted by Crippen LogP contribution is 2.25. The van der Waals surface area contributed by atoms with Gasteiger partial charge in [0.1, 0.15) is 0 Å². The van der Waals surface area contributed by atoms with E-state index in [9.17, 15) is 4.79 Å². The minimum atomic E-state index is -0.353. The smallest absolute Gasteiger partial charge is 0.338 e. The molecule has 0 unspecified atom stereocenters. The van der Waals surface area contributed by atoms with E-state index in [0.717, 1.165) is 28.3 Å². The summed E-state index contributed by atoms with van der Waals surface area (Å²) in [5, 5.41) is 12.5. The predicted molar refractivity (Wildman–Crippen MR) is 130 cm³/mol. The molecule has 3 rings (SSSR count). The Balaban J connectivity index is 1.68. The highest BCUT2D eigenvalue weighted by molar-refractivity contribution is 7.80. The summed E-state index contributed by atoms with van der Waals surface area (Å²) in [6.07, 6.45) is 0. The molecule has 1 aromatic heterocycles. The first-order valence-electron chi connectivity index (χ1n) is 9.61. The number of nitrogens with one attached hydrogen (secondary N) is 2. The molecule has 0 saturated heterocycles. The summed E-state index contributed by atoms with van der Waals surface area (Å²) < 4.78 is 6.86. The van der Waals surface area contributed by atoms with Crippen LogP contribution in [0, 0.1) is 13.8 Å². The van der Waals surface area contributed by atoms with Crippen LogP contribution < -0.4 is 10.6 Å². The van der Waals surface area contributed by atoms with Crippen molar-refractivity contribution in [2.45, 2.75) is 27.3 Å². The fourth-order valence-corrected chi connectivity index (χ4v) is 3.71. The fourth-order valence-electron chi connectivity index (χ4n) is 3.02. The molecule has 0 radical (unpaired) electrons. The largest absolute Gasteiger partial charge is 0.462 e. The third kappa shape index (κ3) is 5.76. The molecule has 0 atom stereocenters. The van der Waals surface area contributed by atoms with Crippen molar-refractivity contribution in [2.75, 3.05) is 17.2 Å². The number of ether oxygens (including phenoxy) is 1. The van der Waals surface area contributed by atoms with E-state index in [2.05, 4.69) is 15.7 Å². The average molecular weight is 477 g/mol. The molecular formula is C22H22Cl2N4O2S. The Morgan fingerprint density at radius 1 is 1.13 bits per heavy atom. The maximum Gasteiger partial charge on any atom is 0.338 e. The molecule has 0 saturated carbocycles. The number of esters is 1.